The molecule has 0 aliphatic carbocycles. The van der Waals surface area contributed by atoms with E-state index >= 15 is 0 Å². The van der Waals surface area contributed by atoms with Crippen molar-refractivity contribution in [1.82, 2.24) is 14.6 Å². The van der Waals surface area contributed by atoms with Gasteiger partial charge in [0.15, 0.2) is 10.8 Å². The molecule has 2 N–H and O–H groups in total. The summed E-state index contributed by atoms with van der Waals surface area (Å²) in [7, 11) is 0. The number of hydrogen-bond acceptors (Lipinski definition) is 4. The number of rotatable bonds is 3. The normalized spacial score (nSPS) is 11.2. The third-order valence-corrected chi connectivity index (χ3v) is 3.83. The first-order valence-electron chi connectivity index (χ1n) is 5.81. The molecular weight excluding hydrogens is 260 g/mol. The Kier molecular flexibility index (Phi) is 2.87. The standard InChI is InChI=1S/C13H12N4OS/c1-8-6-9-4-2-3-5-10(9)17-12(8)15-16-13(17)19-7-11(14)18/h2-6H,7H2,1H3,(H2,14,18). The van der Waals surface area contributed by atoms with Crippen LogP contribution < -0.4 is 5.73 Å². The van der Waals surface area contributed by atoms with E-state index in [4.69, 9.17) is 5.73 Å². The number of fused-ring (bicyclic) bond motifs is 3. The maximum Gasteiger partial charge on any atom is 0.227 e. The predicted molar refractivity (Wildman–Crippen MR) is 75.1 cm³/mol. The minimum atomic E-state index is -0.362. The van der Waals surface area contributed by atoms with Gasteiger partial charge in [-0.2, -0.15) is 0 Å². The van der Waals surface area contributed by atoms with Crippen molar-refractivity contribution in [2.24, 2.45) is 5.73 Å². The van der Waals surface area contributed by atoms with Crippen LogP contribution in [0.25, 0.3) is 16.6 Å². The quantitative estimate of drug-likeness (QED) is 0.737. The van der Waals surface area contributed by atoms with Gasteiger partial charge in [-0.05, 0) is 30.0 Å². The van der Waals surface area contributed by atoms with Crippen LogP contribution in [0.2, 0.25) is 0 Å². The number of carbonyl (C=O) groups is 1. The van der Waals surface area contributed by atoms with Crippen LogP contribution in [-0.4, -0.2) is 26.3 Å². The lowest BCUT2D eigenvalue weighted by Gasteiger charge is -2.06. The molecule has 0 aliphatic heterocycles. The molecule has 3 aromatic rings. The fourth-order valence-electron chi connectivity index (χ4n) is 2.08. The van der Waals surface area contributed by atoms with Crippen molar-refractivity contribution in [3.05, 3.63) is 35.9 Å². The van der Waals surface area contributed by atoms with Gasteiger partial charge in [-0.15, -0.1) is 10.2 Å². The number of hydrogen-bond donors (Lipinski definition) is 1. The second kappa shape index (κ2) is 4.55. The van der Waals surface area contributed by atoms with Crippen LogP contribution in [0, 0.1) is 6.92 Å². The summed E-state index contributed by atoms with van der Waals surface area (Å²) in [6, 6.07) is 10.1. The zero-order chi connectivity index (χ0) is 13.4. The summed E-state index contributed by atoms with van der Waals surface area (Å²) in [6.07, 6.45) is 0. The minimum Gasteiger partial charge on any atom is -0.369 e. The van der Waals surface area contributed by atoms with Crippen molar-refractivity contribution in [2.45, 2.75) is 12.1 Å². The summed E-state index contributed by atoms with van der Waals surface area (Å²) in [6.45, 7) is 2.00. The Bertz CT molecular complexity index is 781. The monoisotopic (exact) mass is 272 g/mol. The third-order valence-electron chi connectivity index (χ3n) is 2.88. The fourth-order valence-corrected chi connectivity index (χ4v) is 2.77. The number of amides is 1. The van der Waals surface area contributed by atoms with Gasteiger partial charge in [-0.25, -0.2) is 0 Å². The van der Waals surface area contributed by atoms with Crippen molar-refractivity contribution in [1.29, 1.82) is 0 Å². The number of nitrogens with two attached hydrogens (primary N) is 1. The molecule has 0 saturated heterocycles. The molecule has 2 aromatic heterocycles. The number of carbonyl (C=O) groups excluding carboxylic acids is 1. The van der Waals surface area contributed by atoms with Gasteiger partial charge in [-0.1, -0.05) is 30.0 Å². The van der Waals surface area contributed by atoms with Gasteiger partial charge in [0, 0.05) is 0 Å². The molecule has 0 saturated carbocycles. The van der Waals surface area contributed by atoms with Gasteiger partial charge in [0.05, 0.1) is 11.3 Å². The molecule has 1 amide bonds. The van der Waals surface area contributed by atoms with E-state index in [0.29, 0.717) is 5.16 Å². The maximum absolute atomic E-state index is 10.9. The van der Waals surface area contributed by atoms with Crippen molar-refractivity contribution in [2.75, 3.05) is 5.75 Å². The summed E-state index contributed by atoms with van der Waals surface area (Å²) in [5.74, 6) is -0.165. The van der Waals surface area contributed by atoms with Crippen LogP contribution in [0.1, 0.15) is 5.56 Å². The number of thioether (sulfide) groups is 1. The molecule has 5 nitrogen and oxygen atoms in total. The van der Waals surface area contributed by atoms with Gasteiger partial charge in [0.25, 0.3) is 0 Å². The Hall–Kier alpha value is -2.08. The Morgan fingerprint density at radius 2 is 2.16 bits per heavy atom. The Morgan fingerprint density at radius 1 is 1.37 bits per heavy atom. The average Bonchev–Trinajstić information content (AvgIpc) is 2.81. The van der Waals surface area contributed by atoms with Crippen molar-refractivity contribution >= 4 is 34.2 Å². The zero-order valence-corrected chi connectivity index (χ0v) is 11.1. The molecule has 2 heterocycles. The topological polar surface area (TPSA) is 73.3 Å². The predicted octanol–water partition coefficient (Wildman–Crippen LogP) is 1.77. The molecule has 3 rings (SSSR count). The maximum atomic E-state index is 10.9. The molecule has 0 bridgehead atoms. The van der Waals surface area contributed by atoms with Crippen LogP contribution in [0.5, 0.6) is 0 Å². The lowest BCUT2D eigenvalue weighted by Crippen LogP contribution is -2.13. The average molecular weight is 272 g/mol. The lowest BCUT2D eigenvalue weighted by atomic mass is 10.1. The molecule has 6 heteroatoms. The van der Waals surface area contributed by atoms with E-state index in [9.17, 15) is 4.79 Å². The second-order valence-electron chi connectivity index (χ2n) is 4.28. The molecule has 0 unspecified atom stereocenters. The molecule has 19 heavy (non-hydrogen) atoms. The molecule has 0 atom stereocenters. The van der Waals surface area contributed by atoms with Gasteiger partial charge >= 0.3 is 0 Å². The fraction of sp³-hybridized carbons (Fsp3) is 0.154. The molecular formula is C13H12N4OS. The van der Waals surface area contributed by atoms with E-state index in [1.807, 2.05) is 35.6 Å². The van der Waals surface area contributed by atoms with Crippen molar-refractivity contribution in [3.8, 4) is 0 Å². The van der Waals surface area contributed by atoms with E-state index in [0.717, 1.165) is 22.1 Å². The van der Waals surface area contributed by atoms with E-state index in [1.165, 1.54) is 11.8 Å². The number of aromatic nitrogens is 3. The van der Waals surface area contributed by atoms with Gasteiger partial charge in [0.1, 0.15) is 0 Å². The summed E-state index contributed by atoms with van der Waals surface area (Å²) in [5.41, 5.74) is 8.07. The largest absolute Gasteiger partial charge is 0.369 e. The van der Waals surface area contributed by atoms with E-state index in [1.54, 1.807) is 0 Å². The number of benzene rings is 1. The van der Waals surface area contributed by atoms with E-state index in [2.05, 4.69) is 16.3 Å². The number of para-hydroxylation sites is 1. The van der Waals surface area contributed by atoms with Crippen LogP contribution >= 0.6 is 11.8 Å². The van der Waals surface area contributed by atoms with E-state index in [-0.39, 0.29) is 11.7 Å². The first-order valence-corrected chi connectivity index (χ1v) is 6.80. The summed E-state index contributed by atoms with van der Waals surface area (Å²) < 4.78 is 1.97. The highest BCUT2D eigenvalue weighted by Gasteiger charge is 2.12. The Balaban J connectivity index is 2.26. The lowest BCUT2D eigenvalue weighted by molar-refractivity contribution is -0.115. The third kappa shape index (κ3) is 2.04. The van der Waals surface area contributed by atoms with E-state index < -0.39 is 0 Å². The SMILES string of the molecule is Cc1cc2ccccc2n2c(SCC(N)=O)nnc12. The second-order valence-corrected chi connectivity index (χ2v) is 5.23. The van der Waals surface area contributed by atoms with Gasteiger partial charge in [0.2, 0.25) is 5.91 Å². The Labute approximate surface area is 113 Å². The molecule has 0 radical (unpaired) electrons. The van der Waals surface area contributed by atoms with Crippen LogP contribution in [-0.2, 0) is 4.79 Å². The minimum absolute atomic E-state index is 0.197. The molecule has 0 aliphatic rings. The zero-order valence-electron chi connectivity index (χ0n) is 10.3. The van der Waals surface area contributed by atoms with Crippen molar-refractivity contribution in [3.63, 3.8) is 0 Å². The molecule has 0 fully saturated rings. The van der Waals surface area contributed by atoms with Gasteiger partial charge < -0.3 is 5.73 Å². The first kappa shape index (κ1) is 12.0. The molecule has 1 aromatic carbocycles. The summed E-state index contributed by atoms with van der Waals surface area (Å²) >= 11 is 1.30. The van der Waals surface area contributed by atoms with Crippen LogP contribution in [0.15, 0.2) is 35.5 Å². The number of aryl methyl sites for hydroxylation is 1. The van der Waals surface area contributed by atoms with Crippen LogP contribution in [0.4, 0.5) is 0 Å². The van der Waals surface area contributed by atoms with Gasteiger partial charge in [-0.3, -0.25) is 9.20 Å². The highest BCUT2D eigenvalue weighted by Crippen LogP contribution is 2.25. The number of primary amides is 1. The highest BCUT2D eigenvalue weighted by atomic mass is 32.2. The highest BCUT2D eigenvalue weighted by molar-refractivity contribution is 7.99. The molecule has 0 spiro atoms. The summed E-state index contributed by atoms with van der Waals surface area (Å²) in [4.78, 5) is 10.9. The number of pyridine rings is 1. The molecule has 96 valence electrons. The number of nitrogens with zero attached hydrogens (tertiary/aromatic N) is 3. The smallest absolute Gasteiger partial charge is 0.227 e. The Morgan fingerprint density at radius 3 is 2.95 bits per heavy atom. The van der Waals surface area contributed by atoms with Crippen LogP contribution in [0.3, 0.4) is 0 Å². The summed E-state index contributed by atoms with van der Waals surface area (Å²) in [5, 5.41) is 10.1. The first-order chi connectivity index (χ1) is 9.16. The van der Waals surface area contributed by atoms with Crippen molar-refractivity contribution < 1.29 is 4.79 Å².